The second-order valence-corrected chi connectivity index (χ2v) is 19.8. The second kappa shape index (κ2) is 22.2. The van der Waals surface area contributed by atoms with E-state index in [0.29, 0.717) is 41.9 Å². The van der Waals surface area contributed by atoms with Gasteiger partial charge in [0.05, 0.1) is 57.1 Å². The van der Waals surface area contributed by atoms with Crippen molar-refractivity contribution >= 4 is 58.3 Å². The first-order valence-corrected chi connectivity index (χ1v) is 24.4. The molecule has 2 fully saturated rings. The number of β-amino-alcohol motifs (C(OH)–C–C–N with tert-alkyl or cyclic N) is 1. The molecule has 0 unspecified atom stereocenters. The van der Waals surface area contributed by atoms with Crippen molar-refractivity contribution in [1.82, 2.24) is 20.5 Å². The zero-order valence-electron chi connectivity index (χ0n) is 41.1. The van der Waals surface area contributed by atoms with Crippen LogP contribution in [0, 0.1) is 23.7 Å². The van der Waals surface area contributed by atoms with Gasteiger partial charge in [0.25, 0.3) is 5.91 Å². The van der Waals surface area contributed by atoms with Gasteiger partial charge >= 0.3 is 18.2 Å². The smallest absolute Gasteiger partial charge is 0.417 e. The number of nitrogens with zero attached hydrogens (tertiary/aromatic N) is 5. The maximum absolute atomic E-state index is 14.0. The molecule has 5 aromatic rings. The van der Waals surface area contributed by atoms with E-state index >= 15 is 0 Å². The number of nitriles is 1. The van der Waals surface area contributed by atoms with Gasteiger partial charge in [0.1, 0.15) is 30.0 Å². The van der Waals surface area contributed by atoms with Crippen LogP contribution >= 0.6 is 11.3 Å². The lowest BCUT2D eigenvalue weighted by molar-refractivity contribution is -0.156. The quantitative estimate of drug-likeness (QED) is 0.0466. The lowest BCUT2D eigenvalue weighted by Crippen LogP contribution is -2.60. The predicted molar refractivity (Wildman–Crippen MR) is 267 cm³/mol. The van der Waals surface area contributed by atoms with Crippen molar-refractivity contribution in [2.75, 3.05) is 36.2 Å². The fourth-order valence-corrected chi connectivity index (χ4v) is 9.49. The minimum Gasteiger partial charge on any atom is -0.494 e. The van der Waals surface area contributed by atoms with Crippen molar-refractivity contribution in [3.63, 3.8) is 0 Å². The molecule has 0 spiro atoms. The Morgan fingerprint density at radius 2 is 1.54 bits per heavy atom. The Bertz CT molecular complexity index is 2960. The number of carbonyl (C=O) groups excluding carboxylic acids is 5. The van der Waals surface area contributed by atoms with Gasteiger partial charge in [-0.2, -0.15) is 18.4 Å². The number of unbranched alkanes of at least 4 members (excludes halogenated alkanes) is 1. The Kier molecular flexibility index (Phi) is 16.2. The minimum absolute atomic E-state index is 0.0762. The molecule has 2 aliphatic rings. The first-order valence-electron chi connectivity index (χ1n) is 23.5. The van der Waals surface area contributed by atoms with Crippen molar-refractivity contribution in [2.24, 2.45) is 5.41 Å². The zero-order chi connectivity index (χ0) is 53.7. The number of carbonyl (C=O) groups is 6. The van der Waals surface area contributed by atoms with Crippen LogP contribution in [-0.4, -0.2) is 106 Å². The SMILES string of the molecule is Cc1ncsc1-c1ccc(CNC(=O)[C@@H]2C[C@@H](O)CN2C(=O)[C@@H](NC(=O)COCCCCOc2ccc(-c3ccc(N4C(=O)N(c5ccc(C#N)c(C(F)(F)F)c5)C(=O)C4(C)C)cc3)cc2)C(C)(C)C(=O)O)cc1. The van der Waals surface area contributed by atoms with E-state index in [-0.39, 0.29) is 31.8 Å². The number of hydrogen-bond donors (Lipinski definition) is 4. The number of aliphatic hydroxyl groups is 1. The molecule has 0 aliphatic carbocycles. The summed E-state index contributed by atoms with van der Waals surface area (Å²) < 4.78 is 52.6. The largest absolute Gasteiger partial charge is 0.494 e. The van der Waals surface area contributed by atoms with E-state index in [1.54, 1.807) is 41.9 Å². The number of nitrogens with one attached hydrogen (secondary N) is 2. The molecule has 2 aliphatic heterocycles. The number of thiazole rings is 1. The molecule has 0 bridgehead atoms. The van der Waals surface area contributed by atoms with Crippen molar-refractivity contribution in [1.29, 1.82) is 5.26 Å². The van der Waals surface area contributed by atoms with Gasteiger partial charge in [-0.15, -0.1) is 11.3 Å². The van der Waals surface area contributed by atoms with E-state index in [9.17, 15) is 57.4 Å². The molecule has 21 heteroatoms. The van der Waals surface area contributed by atoms with E-state index < -0.39 is 88.7 Å². The summed E-state index contributed by atoms with van der Waals surface area (Å²) in [5, 5.41) is 35.2. The minimum atomic E-state index is -4.89. The molecule has 0 radical (unpaired) electrons. The van der Waals surface area contributed by atoms with Crippen molar-refractivity contribution in [3.8, 4) is 33.4 Å². The highest BCUT2D eigenvalue weighted by Crippen LogP contribution is 2.40. The van der Waals surface area contributed by atoms with Crippen LogP contribution in [-0.2, 0) is 41.4 Å². The van der Waals surface area contributed by atoms with E-state index in [0.717, 1.165) is 49.9 Å². The van der Waals surface area contributed by atoms with Gasteiger partial charge in [0.15, 0.2) is 0 Å². The number of carboxylic acid groups (broad SMARTS) is 1. The Labute approximate surface area is 428 Å². The maximum Gasteiger partial charge on any atom is 0.417 e. The van der Waals surface area contributed by atoms with Gasteiger partial charge in [0, 0.05) is 31.8 Å². The van der Waals surface area contributed by atoms with E-state index in [2.05, 4.69) is 15.6 Å². The molecule has 17 nitrogen and oxygen atoms in total. The number of imide groups is 1. The summed E-state index contributed by atoms with van der Waals surface area (Å²) in [6, 6.07) is 22.1. The number of aromatic nitrogens is 1. The van der Waals surface area contributed by atoms with Gasteiger partial charge in [-0.3, -0.25) is 28.9 Å². The number of aliphatic carboxylic acids is 1. The number of benzene rings is 4. The molecule has 4 aromatic carbocycles. The van der Waals surface area contributed by atoms with Crippen molar-refractivity contribution in [2.45, 2.75) is 90.3 Å². The molecule has 3 atom stereocenters. The Morgan fingerprint density at radius 3 is 2.15 bits per heavy atom. The average molecular weight is 1040 g/mol. The summed E-state index contributed by atoms with van der Waals surface area (Å²) in [6.45, 7) is 7.34. The number of aryl methyl sites for hydroxylation is 1. The molecule has 6 amide bonds. The lowest BCUT2D eigenvalue weighted by Gasteiger charge is -2.35. The Hall–Kier alpha value is -7.67. The number of likely N-dealkylation sites (tertiary alicyclic amines) is 1. The third-order valence-corrected chi connectivity index (χ3v) is 13.9. The molecule has 7 rings (SSSR count). The van der Waals surface area contributed by atoms with Crippen LogP contribution in [0.2, 0.25) is 0 Å². The Morgan fingerprint density at radius 1 is 0.919 bits per heavy atom. The summed E-state index contributed by atoms with van der Waals surface area (Å²) in [5.41, 5.74) is 0.887. The highest BCUT2D eigenvalue weighted by Gasteiger charge is 2.53. The third-order valence-electron chi connectivity index (χ3n) is 13.0. The third kappa shape index (κ3) is 11.7. The molecular weight excluding hydrogens is 984 g/mol. The number of hydrogen-bond acceptors (Lipinski definition) is 12. The first-order chi connectivity index (χ1) is 35.0. The number of alkyl halides is 3. The number of amides is 6. The molecule has 1 aromatic heterocycles. The molecule has 74 heavy (non-hydrogen) atoms. The van der Waals surface area contributed by atoms with Crippen molar-refractivity contribution in [3.05, 3.63) is 119 Å². The summed E-state index contributed by atoms with van der Waals surface area (Å²) in [6.07, 6.45) is -4.99. The Balaban J connectivity index is 0.860. The van der Waals surface area contributed by atoms with E-state index in [1.165, 1.54) is 50.0 Å². The predicted octanol–water partition coefficient (Wildman–Crippen LogP) is 7.48. The number of aliphatic hydroxyl groups excluding tert-OH is 1. The average Bonchev–Trinajstić information content (AvgIpc) is 4.03. The first kappa shape index (κ1) is 54.1. The normalized spacial score (nSPS) is 17.0. The summed E-state index contributed by atoms with van der Waals surface area (Å²) in [4.78, 5) is 88.5. The summed E-state index contributed by atoms with van der Waals surface area (Å²) in [7, 11) is 0. The van der Waals surface area contributed by atoms with Crippen LogP contribution in [0.3, 0.4) is 0 Å². The van der Waals surface area contributed by atoms with Gasteiger partial charge in [-0.1, -0.05) is 48.5 Å². The monoisotopic (exact) mass is 1040 g/mol. The van der Waals surface area contributed by atoms with Crippen LogP contribution in [0.25, 0.3) is 21.6 Å². The van der Waals surface area contributed by atoms with Crippen LogP contribution < -0.4 is 25.2 Å². The molecule has 2 saturated heterocycles. The highest BCUT2D eigenvalue weighted by molar-refractivity contribution is 7.13. The van der Waals surface area contributed by atoms with Crippen LogP contribution in [0.15, 0.2) is 96.5 Å². The lowest BCUT2D eigenvalue weighted by atomic mass is 9.83. The van der Waals surface area contributed by atoms with Crippen LogP contribution in [0.1, 0.15) is 69.3 Å². The number of ether oxygens (including phenoxy) is 2. The number of anilines is 2. The number of urea groups is 1. The molecular formula is C53H54F3N7O10S. The van der Waals surface area contributed by atoms with Crippen LogP contribution in [0.4, 0.5) is 29.3 Å². The van der Waals surface area contributed by atoms with E-state index in [4.69, 9.17) is 9.47 Å². The number of halogens is 3. The number of carboxylic acids is 1. The van der Waals surface area contributed by atoms with E-state index in [1.807, 2.05) is 43.3 Å². The standard InChI is InChI=1S/C53H54F3N7O10S/c1-31-44(74-30-59-31)35-10-8-32(9-11-35)27-58-46(66)42-25-39(64)28-61(42)47(67)45(51(2,3)49(69)70)60-43(65)29-72-22-6-7-23-73-40-20-15-34(16-21-40)33-12-17-37(18-13-33)63-50(71)62(48(68)52(63,4)5)38-19-14-36(26-57)41(24-38)53(54,55)56/h8-21,24,30,39,42,45,64H,6-7,22-23,25,27-29H2,1-5H3,(H,58,66)(H,60,65)(H,69,70)/t39-,42+,45-/m1/s1. The van der Waals surface area contributed by atoms with Gasteiger partial charge < -0.3 is 35.2 Å². The van der Waals surface area contributed by atoms with Gasteiger partial charge in [-0.25, -0.2) is 14.7 Å². The second-order valence-electron chi connectivity index (χ2n) is 18.9. The van der Waals surface area contributed by atoms with Gasteiger partial charge in [0.2, 0.25) is 17.7 Å². The fourth-order valence-electron chi connectivity index (χ4n) is 8.68. The molecule has 388 valence electrons. The highest BCUT2D eigenvalue weighted by atomic mass is 32.1. The van der Waals surface area contributed by atoms with Gasteiger partial charge in [-0.05, 0) is 112 Å². The number of rotatable bonds is 19. The topological polar surface area (TPSA) is 232 Å². The maximum atomic E-state index is 14.0. The summed E-state index contributed by atoms with van der Waals surface area (Å²) in [5.74, 6) is -3.66. The molecule has 4 N–H and O–H groups in total. The van der Waals surface area contributed by atoms with Crippen molar-refractivity contribution < 1.29 is 61.6 Å². The molecule has 0 saturated carbocycles. The van der Waals surface area contributed by atoms with Crippen LogP contribution in [0.5, 0.6) is 5.75 Å². The zero-order valence-corrected chi connectivity index (χ0v) is 41.9. The fraction of sp³-hybridized carbons (Fsp3) is 0.358. The summed E-state index contributed by atoms with van der Waals surface area (Å²) >= 11 is 1.52. The molecule has 3 heterocycles.